The fraction of sp³-hybridized carbons (Fsp3) is 0.667. The summed E-state index contributed by atoms with van der Waals surface area (Å²) in [5, 5.41) is 2.36. The Morgan fingerprint density at radius 1 is 1.36 bits per heavy atom. The molecule has 5 heteroatoms. The topological polar surface area (TPSA) is 72.5 Å². The number of hydrogen-bond donors (Lipinski definition) is 1. The normalized spacial score (nSPS) is 11.6. The van der Waals surface area contributed by atoms with Crippen LogP contribution in [0.3, 0.4) is 0 Å². The Morgan fingerprint density at radius 2 is 1.93 bits per heavy atom. The molecule has 0 aliphatic heterocycles. The SMILES string of the molecule is CCOC(=O)C(C)NC(=O)CC(C)=O. The van der Waals surface area contributed by atoms with Crippen molar-refractivity contribution in [2.75, 3.05) is 6.61 Å². The van der Waals surface area contributed by atoms with Gasteiger partial charge >= 0.3 is 5.97 Å². The van der Waals surface area contributed by atoms with Crippen LogP contribution in [-0.4, -0.2) is 30.3 Å². The third kappa shape index (κ3) is 5.29. The number of esters is 1. The van der Waals surface area contributed by atoms with Crippen LogP contribution in [0.5, 0.6) is 0 Å². The van der Waals surface area contributed by atoms with Gasteiger partial charge in [-0.3, -0.25) is 9.59 Å². The van der Waals surface area contributed by atoms with Crippen LogP contribution in [0.25, 0.3) is 0 Å². The van der Waals surface area contributed by atoms with Crippen LogP contribution in [-0.2, 0) is 19.1 Å². The van der Waals surface area contributed by atoms with Gasteiger partial charge in [-0.25, -0.2) is 4.79 Å². The van der Waals surface area contributed by atoms with E-state index in [9.17, 15) is 14.4 Å². The smallest absolute Gasteiger partial charge is 0.328 e. The summed E-state index contributed by atoms with van der Waals surface area (Å²) in [7, 11) is 0. The van der Waals surface area contributed by atoms with Gasteiger partial charge in [0.1, 0.15) is 11.8 Å². The molecule has 0 aromatic carbocycles. The van der Waals surface area contributed by atoms with Crippen LogP contribution in [0, 0.1) is 0 Å². The monoisotopic (exact) mass is 201 g/mol. The lowest BCUT2D eigenvalue weighted by molar-refractivity contribution is -0.147. The van der Waals surface area contributed by atoms with Gasteiger partial charge in [-0.2, -0.15) is 0 Å². The molecule has 0 aliphatic rings. The second-order valence-corrected chi connectivity index (χ2v) is 2.92. The van der Waals surface area contributed by atoms with Crippen LogP contribution < -0.4 is 5.32 Å². The number of nitrogens with one attached hydrogen (secondary N) is 1. The standard InChI is InChI=1S/C9H15NO4/c1-4-14-9(13)7(3)10-8(12)5-6(2)11/h7H,4-5H2,1-3H3,(H,10,12). The van der Waals surface area contributed by atoms with E-state index in [1.807, 2.05) is 0 Å². The number of ketones is 1. The molecule has 1 amide bonds. The van der Waals surface area contributed by atoms with E-state index >= 15 is 0 Å². The van der Waals surface area contributed by atoms with E-state index < -0.39 is 17.9 Å². The van der Waals surface area contributed by atoms with Crippen molar-refractivity contribution in [3.63, 3.8) is 0 Å². The maximum Gasteiger partial charge on any atom is 0.328 e. The number of carbonyl (C=O) groups excluding carboxylic acids is 3. The van der Waals surface area contributed by atoms with Crippen molar-refractivity contribution in [3.8, 4) is 0 Å². The molecular formula is C9H15NO4. The van der Waals surface area contributed by atoms with E-state index in [0.717, 1.165) is 0 Å². The van der Waals surface area contributed by atoms with Crippen molar-refractivity contribution in [3.05, 3.63) is 0 Å². The Bertz CT molecular complexity index is 237. The zero-order valence-corrected chi connectivity index (χ0v) is 8.62. The van der Waals surface area contributed by atoms with E-state index in [4.69, 9.17) is 0 Å². The van der Waals surface area contributed by atoms with Gasteiger partial charge in [0.2, 0.25) is 5.91 Å². The van der Waals surface area contributed by atoms with Crippen LogP contribution in [0.2, 0.25) is 0 Å². The second kappa shape index (κ2) is 6.12. The Labute approximate surface area is 82.8 Å². The van der Waals surface area contributed by atoms with Crippen LogP contribution in [0.4, 0.5) is 0 Å². The summed E-state index contributed by atoms with van der Waals surface area (Å²) >= 11 is 0. The first-order valence-electron chi connectivity index (χ1n) is 4.42. The fourth-order valence-electron chi connectivity index (χ4n) is 0.845. The lowest BCUT2D eigenvalue weighted by atomic mass is 10.2. The van der Waals surface area contributed by atoms with Crippen molar-refractivity contribution < 1.29 is 19.1 Å². The Hall–Kier alpha value is -1.39. The summed E-state index contributed by atoms with van der Waals surface area (Å²) < 4.78 is 4.67. The minimum Gasteiger partial charge on any atom is -0.464 e. The van der Waals surface area contributed by atoms with E-state index in [1.165, 1.54) is 13.8 Å². The molecule has 1 unspecified atom stereocenters. The first-order valence-corrected chi connectivity index (χ1v) is 4.42. The quantitative estimate of drug-likeness (QED) is 0.503. The molecule has 0 saturated carbocycles. The summed E-state index contributed by atoms with van der Waals surface area (Å²) in [5.74, 6) is -1.19. The first kappa shape index (κ1) is 12.6. The molecule has 1 atom stereocenters. The lowest BCUT2D eigenvalue weighted by Gasteiger charge is -2.11. The van der Waals surface area contributed by atoms with Gasteiger partial charge in [-0.05, 0) is 20.8 Å². The van der Waals surface area contributed by atoms with E-state index in [2.05, 4.69) is 10.1 Å². The molecule has 0 saturated heterocycles. The molecule has 14 heavy (non-hydrogen) atoms. The largest absolute Gasteiger partial charge is 0.464 e. The maximum atomic E-state index is 11.0. The second-order valence-electron chi connectivity index (χ2n) is 2.92. The highest BCUT2D eigenvalue weighted by Gasteiger charge is 2.16. The van der Waals surface area contributed by atoms with Crippen molar-refractivity contribution in [2.45, 2.75) is 33.2 Å². The van der Waals surface area contributed by atoms with E-state index in [0.29, 0.717) is 0 Å². The van der Waals surface area contributed by atoms with Gasteiger partial charge in [0.25, 0.3) is 0 Å². The van der Waals surface area contributed by atoms with Gasteiger partial charge in [-0.15, -0.1) is 0 Å². The van der Waals surface area contributed by atoms with Gasteiger partial charge in [0.05, 0.1) is 13.0 Å². The Morgan fingerprint density at radius 3 is 2.36 bits per heavy atom. The van der Waals surface area contributed by atoms with Crippen molar-refractivity contribution >= 4 is 17.7 Å². The van der Waals surface area contributed by atoms with Crippen molar-refractivity contribution in [1.29, 1.82) is 0 Å². The minimum atomic E-state index is -0.707. The predicted molar refractivity (Wildman–Crippen MR) is 49.5 cm³/mol. The molecule has 0 aliphatic carbocycles. The number of rotatable bonds is 5. The Kier molecular flexibility index (Phi) is 5.52. The summed E-state index contributed by atoms with van der Waals surface area (Å²) in [5.41, 5.74) is 0. The number of hydrogen-bond acceptors (Lipinski definition) is 4. The summed E-state index contributed by atoms with van der Waals surface area (Å²) in [6, 6.07) is -0.707. The highest BCUT2D eigenvalue weighted by molar-refractivity contribution is 5.98. The Balaban J connectivity index is 3.92. The highest BCUT2D eigenvalue weighted by atomic mass is 16.5. The molecule has 80 valence electrons. The molecular weight excluding hydrogens is 186 g/mol. The van der Waals surface area contributed by atoms with Gasteiger partial charge < -0.3 is 10.1 Å². The molecule has 0 rings (SSSR count). The molecule has 1 N–H and O–H groups in total. The molecule has 0 aromatic heterocycles. The van der Waals surface area contributed by atoms with Crippen molar-refractivity contribution in [2.24, 2.45) is 0 Å². The molecule has 0 spiro atoms. The molecule has 5 nitrogen and oxygen atoms in total. The molecule has 0 bridgehead atoms. The summed E-state index contributed by atoms with van der Waals surface area (Å²) in [6.07, 6.45) is -0.205. The number of ether oxygens (including phenoxy) is 1. The van der Waals surface area contributed by atoms with Crippen LogP contribution >= 0.6 is 0 Å². The lowest BCUT2D eigenvalue weighted by Crippen LogP contribution is -2.40. The van der Waals surface area contributed by atoms with E-state index in [1.54, 1.807) is 6.92 Å². The molecule has 0 heterocycles. The van der Waals surface area contributed by atoms with Crippen molar-refractivity contribution in [1.82, 2.24) is 5.32 Å². The molecule has 0 radical (unpaired) electrons. The third-order valence-electron chi connectivity index (χ3n) is 1.43. The van der Waals surface area contributed by atoms with Gasteiger partial charge in [0, 0.05) is 0 Å². The zero-order chi connectivity index (χ0) is 11.1. The van der Waals surface area contributed by atoms with Gasteiger partial charge in [0.15, 0.2) is 0 Å². The molecule has 0 aromatic rings. The molecule has 0 fully saturated rings. The zero-order valence-electron chi connectivity index (χ0n) is 8.62. The van der Waals surface area contributed by atoms with Crippen LogP contribution in [0.15, 0.2) is 0 Å². The summed E-state index contributed by atoms with van der Waals surface area (Å²) in [6.45, 7) is 4.78. The number of Topliss-reactive ketones (excluding diaryl/α,β-unsaturated/α-hetero) is 1. The maximum absolute atomic E-state index is 11.0. The first-order chi connectivity index (χ1) is 6.47. The minimum absolute atomic E-state index is 0.205. The average molecular weight is 201 g/mol. The average Bonchev–Trinajstić information content (AvgIpc) is 2.02. The van der Waals surface area contributed by atoms with Crippen LogP contribution in [0.1, 0.15) is 27.2 Å². The number of amides is 1. The summed E-state index contributed by atoms with van der Waals surface area (Å²) in [4.78, 5) is 32.6. The third-order valence-corrected chi connectivity index (χ3v) is 1.43. The predicted octanol–water partition coefficient (Wildman–Crippen LogP) is 0.0333. The highest BCUT2D eigenvalue weighted by Crippen LogP contribution is 1.90. The fourth-order valence-corrected chi connectivity index (χ4v) is 0.845. The van der Waals surface area contributed by atoms with Gasteiger partial charge in [-0.1, -0.05) is 0 Å². The van der Waals surface area contributed by atoms with E-state index in [-0.39, 0.29) is 18.8 Å². The number of carbonyl (C=O) groups is 3.